The van der Waals surface area contributed by atoms with Crippen molar-refractivity contribution in [2.24, 2.45) is 0 Å². The topological polar surface area (TPSA) is 142 Å². The minimum absolute atomic E-state index is 0.0422. The van der Waals surface area contributed by atoms with Gasteiger partial charge in [-0.3, -0.25) is 19.4 Å². The van der Waals surface area contributed by atoms with Crippen LogP contribution in [0.1, 0.15) is 36.7 Å². The molecular formula is C27H29ClN6O5S. The Morgan fingerprint density at radius 3 is 2.62 bits per heavy atom. The van der Waals surface area contributed by atoms with Crippen molar-refractivity contribution in [3.05, 3.63) is 65.7 Å². The van der Waals surface area contributed by atoms with Crippen molar-refractivity contribution in [2.45, 2.75) is 49.2 Å². The highest BCUT2D eigenvalue weighted by atomic mass is 35.5. The zero-order valence-electron chi connectivity index (χ0n) is 21.8. The van der Waals surface area contributed by atoms with Gasteiger partial charge in [0.05, 0.1) is 11.1 Å². The molecule has 2 aliphatic heterocycles. The van der Waals surface area contributed by atoms with Gasteiger partial charge in [-0.1, -0.05) is 23.7 Å². The third kappa shape index (κ3) is 5.93. The number of likely N-dealkylation sites (tertiary alicyclic amines) is 2. The molecule has 3 aromatic rings. The average Bonchev–Trinajstić information content (AvgIpc) is 3.31. The Morgan fingerprint density at radius 1 is 1.07 bits per heavy atom. The maximum Gasteiger partial charge on any atom is 0.271 e. The minimum Gasteiger partial charge on any atom is -0.346 e. The van der Waals surface area contributed by atoms with Crippen molar-refractivity contribution < 1.29 is 22.8 Å². The van der Waals surface area contributed by atoms with E-state index in [2.05, 4.69) is 20.0 Å². The van der Waals surface area contributed by atoms with E-state index in [9.17, 15) is 22.8 Å². The molecule has 11 nitrogen and oxygen atoms in total. The summed E-state index contributed by atoms with van der Waals surface area (Å²) in [6.45, 7) is 2.70. The molecule has 2 N–H and O–H groups in total. The van der Waals surface area contributed by atoms with Gasteiger partial charge in [0.1, 0.15) is 17.8 Å². The second kappa shape index (κ2) is 11.5. The fraction of sp³-hybridized carbons (Fsp3) is 0.370. The molecule has 3 amide bonds. The number of sulfonamides is 1. The fourth-order valence-corrected chi connectivity index (χ4v) is 6.62. The Labute approximate surface area is 237 Å². The van der Waals surface area contributed by atoms with Gasteiger partial charge in [0.15, 0.2) is 0 Å². The molecule has 40 heavy (non-hydrogen) atoms. The summed E-state index contributed by atoms with van der Waals surface area (Å²) in [6, 6.07) is 7.83. The monoisotopic (exact) mass is 584 g/mol. The largest absolute Gasteiger partial charge is 0.346 e. The van der Waals surface area contributed by atoms with Crippen molar-refractivity contribution >= 4 is 50.1 Å². The van der Waals surface area contributed by atoms with Gasteiger partial charge in [-0.2, -0.15) is 4.72 Å². The molecule has 210 valence electrons. The first-order valence-corrected chi connectivity index (χ1v) is 14.9. The lowest BCUT2D eigenvalue weighted by Crippen LogP contribution is -2.55. The van der Waals surface area contributed by atoms with E-state index in [1.165, 1.54) is 35.6 Å². The second-order valence-electron chi connectivity index (χ2n) is 10.0. The lowest BCUT2D eigenvalue weighted by molar-refractivity contribution is -0.144. The molecule has 3 heterocycles. The molecule has 2 aromatic carbocycles. The standard InChI is InChI=1S/C27H29ClN6O5S/c1-17(26(36)33-11-2-3-21(16-33)31-25(35)24-15-29-9-10-30-24)34-12-8-23(27(34)37)32-40(38,39)22-7-5-18-13-20(28)6-4-19(18)14-22/h4-7,9-10,13-15,17,21,23,32H,2-3,8,11-12,16H2,1H3,(H,31,35). The maximum atomic E-state index is 13.3. The van der Waals surface area contributed by atoms with Crippen molar-refractivity contribution in [1.29, 1.82) is 0 Å². The number of hydrogen-bond donors (Lipinski definition) is 2. The van der Waals surface area contributed by atoms with E-state index in [-0.39, 0.29) is 41.4 Å². The number of rotatable bonds is 7. The highest BCUT2D eigenvalue weighted by molar-refractivity contribution is 7.89. The number of halogens is 1. The predicted molar refractivity (Wildman–Crippen MR) is 148 cm³/mol. The highest BCUT2D eigenvalue weighted by Gasteiger charge is 2.40. The molecule has 2 aliphatic rings. The van der Waals surface area contributed by atoms with E-state index < -0.39 is 28.0 Å². The number of nitrogens with zero attached hydrogens (tertiary/aromatic N) is 4. The van der Waals surface area contributed by atoms with Gasteiger partial charge >= 0.3 is 0 Å². The number of fused-ring (bicyclic) bond motifs is 1. The van der Waals surface area contributed by atoms with Crippen LogP contribution in [0.25, 0.3) is 10.8 Å². The molecule has 0 radical (unpaired) electrons. The van der Waals surface area contributed by atoms with Gasteiger partial charge in [-0.25, -0.2) is 13.4 Å². The normalized spacial score (nSPS) is 20.5. The van der Waals surface area contributed by atoms with Gasteiger partial charge in [-0.05, 0) is 61.2 Å². The smallest absolute Gasteiger partial charge is 0.271 e. The third-order valence-electron chi connectivity index (χ3n) is 7.31. The van der Waals surface area contributed by atoms with E-state index in [4.69, 9.17) is 11.6 Å². The molecular weight excluding hydrogens is 556 g/mol. The molecule has 2 fully saturated rings. The summed E-state index contributed by atoms with van der Waals surface area (Å²) in [5, 5.41) is 4.96. The van der Waals surface area contributed by atoms with E-state index in [1.807, 2.05) is 0 Å². The molecule has 0 bridgehead atoms. The zero-order valence-corrected chi connectivity index (χ0v) is 23.4. The number of nitrogens with one attached hydrogen (secondary N) is 2. The molecule has 2 saturated heterocycles. The van der Waals surface area contributed by atoms with Gasteiger partial charge in [0.2, 0.25) is 21.8 Å². The number of carbonyl (C=O) groups excluding carboxylic acids is 3. The average molecular weight is 585 g/mol. The summed E-state index contributed by atoms with van der Waals surface area (Å²) >= 11 is 6.02. The first-order chi connectivity index (χ1) is 19.1. The van der Waals surface area contributed by atoms with E-state index in [0.29, 0.717) is 36.3 Å². The van der Waals surface area contributed by atoms with Gasteiger partial charge < -0.3 is 15.1 Å². The Morgan fingerprint density at radius 2 is 1.85 bits per heavy atom. The van der Waals surface area contributed by atoms with Gasteiger partial charge in [0.25, 0.3) is 5.91 Å². The maximum absolute atomic E-state index is 13.3. The van der Waals surface area contributed by atoms with E-state index in [1.54, 1.807) is 36.1 Å². The summed E-state index contributed by atoms with van der Waals surface area (Å²) in [7, 11) is -3.99. The van der Waals surface area contributed by atoms with Crippen molar-refractivity contribution in [2.75, 3.05) is 19.6 Å². The lowest BCUT2D eigenvalue weighted by Gasteiger charge is -2.36. The predicted octanol–water partition coefficient (Wildman–Crippen LogP) is 1.97. The molecule has 0 spiro atoms. The zero-order chi connectivity index (χ0) is 28.4. The molecule has 3 atom stereocenters. The molecule has 0 aliphatic carbocycles. The van der Waals surface area contributed by atoms with Crippen molar-refractivity contribution in [1.82, 2.24) is 29.8 Å². The molecule has 3 unspecified atom stereocenters. The first kappa shape index (κ1) is 27.9. The highest BCUT2D eigenvalue weighted by Crippen LogP contribution is 2.24. The van der Waals surface area contributed by atoms with Crippen LogP contribution in [-0.2, 0) is 19.6 Å². The number of carbonyl (C=O) groups is 3. The van der Waals surface area contributed by atoms with E-state index in [0.717, 1.165) is 5.39 Å². The van der Waals surface area contributed by atoms with E-state index >= 15 is 0 Å². The quantitative estimate of drug-likeness (QED) is 0.432. The van der Waals surface area contributed by atoms with Crippen LogP contribution in [0.4, 0.5) is 0 Å². The summed E-state index contributed by atoms with van der Waals surface area (Å²) in [4.78, 5) is 50.0. The fourth-order valence-electron chi connectivity index (χ4n) is 5.18. The van der Waals surface area contributed by atoms with Crippen LogP contribution in [0.15, 0.2) is 59.9 Å². The number of hydrogen-bond acceptors (Lipinski definition) is 7. The van der Waals surface area contributed by atoms with Crippen LogP contribution in [0.2, 0.25) is 5.02 Å². The summed E-state index contributed by atoms with van der Waals surface area (Å²) in [6.07, 6.45) is 5.94. The summed E-state index contributed by atoms with van der Waals surface area (Å²) in [5.74, 6) is -1.05. The van der Waals surface area contributed by atoms with Gasteiger partial charge in [-0.15, -0.1) is 0 Å². The van der Waals surface area contributed by atoms with Crippen molar-refractivity contribution in [3.63, 3.8) is 0 Å². The molecule has 1 aromatic heterocycles. The van der Waals surface area contributed by atoms with Crippen molar-refractivity contribution in [3.8, 4) is 0 Å². The summed E-state index contributed by atoms with van der Waals surface area (Å²) in [5.41, 5.74) is 0.198. The Kier molecular flexibility index (Phi) is 8.02. The number of piperidine rings is 1. The molecule has 0 saturated carbocycles. The van der Waals surface area contributed by atoms with Crippen LogP contribution in [-0.4, -0.2) is 83.7 Å². The Hall–Kier alpha value is -3.61. The third-order valence-corrected chi connectivity index (χ3v) is 9.01. The lowest BCUT2D eigenvalue weighted by atomic mass is 10.0. The van der Waals surface area contributed by atoms with Gasteiger partial charge in [0, 0.05) is 43.1 Å². The molecule has 5 rings (SSSR count). The van der Waals surface area contributed by atoms with Crippen LogP contribution in [0.3, 0.4) is 0 Å². The second-order valence-corrected chi connectivity index (χ2v) is 12.2. The van der Waals surface area contributed by atoms with Crippen LogP contribution < -0.4 is 10.0 Å². The number of amides is 3. The summed E-state index contributed by atoms with van der Waals surface area (Å²) < 4.78 is 28.7. The number of benzene rings is 2. The number of aromatic nitrogens is 2. The van der Waals surface area contributed by atoms with Crippen LogP contribution in [0.5, 0.6) is 0 Å². The Balaban J connectivity index is 1.20. The molecule has 13 heteroatoms. The Bertz CT molecular complexity index is 1550. The van der Waals surface area contributed by atoms with Crippen LogP contribution >= 0.6 is 11.6 Å². The van der Waals surface area contributed by atoms with Crippen LogP contribution in [0, 0.1) is 0 Å². The SMILES string of the molecule is CC(C(=O)N1CCCC(NC(=O)c2cnccn2)C1)N1CCC(NS(=O)(=O)c2ccc3cc(Cl)ccc3c2)C1=O. The minimum atomic E-state index is -3.99. The first-order valence-electron chi connectivity index (χ1n) is 13.0.